The van der Waals surface area contributed by atoms with Gasteiger partial charge in [-0.2, -0.15) is 0 Å². The Morgan fingerprint density at radius 3 is 2.81 bits per heavy atom. The highest BCUT2D eigenvalue weighted by Crippen LogP contribution is 2.22. The van der Waals surface area contributed by atoms with Crippen LogP contribution in [-0.2, 0) is 20.0 Å². The number of guanidine groups is 1. The summed E-state index contributed by atoms with van der Waals surface area (Å²) in [5, 5.41) is 5.38. The van der Waals surface area contributed by atoms with Crippen molar-refractivity contribution in [3.05, 3.63) is 52.3 Å². The van der Waals surface area contributed by atoms with Gasteiger partial charge < -0.3 is 14.8 Å². The van der Waals surface area contributed by atoms with Crippen LogP contribution >= 0.6 is 46.9 Å². The molecule has 146 valence electrons. The summed E-state index contributed by atoms with van der Waals surface area (Å²) in [4.78, 5) is 11.2. The van der Waals surface area contributed by atoms with Crippen molar-refractivity contribution >= 4 is 63.1 Å². The van der Waals surface area contributed by atoms with E-state index in [1.54, 1.807) is 11.3 Å². The maximum absolute atomic E-state index is 6.06. The van der Waals surface area contributed by atoms with Crippen LogP contribution in [-0.4, -0.2) is 41.1 Å². The zero-order valence-corrected chi connectivity index (χ0v) is 19.7. The average molecular weight is 518 g/mol. The van der Waals surface area contributed by atoms with Crippen LogP contribution in [0.25, 0.3) is 10.2 Å². The van der Waals surface area contributed by atoms with E-state index in [2.05, 4.69) is 38.4 Å². The molecule has 3 aromatic rings. The first-order valence-electron chi connectivity index (χ1n) is 8.64. The molecule has 27 heavy (non-hydrogen) atoms. The molecule has 0 spiro atoms. The van der Waals surface area contributed by atoms with Crippen LogP contribution in [0, 0.1) is 0 Å². The van der Waals surface area contributed by atoms with Crippen molar-refractivity contribution in [2.45, 2.75) is 19.4 Å². The maximum atomic E-state index is 6.06. The van der Waals surface area contributed by atoms with Gasteiger partial charge in [0, 0.05) is 46.0 Å². The van der Waals surface area contributed by atoms with Crippen molar-refractivity contribution in [1.29, 1.82) is 0 Å². The number of hydrogen-bond donors (Lipinski definition) is 1. The Labute approximate surface area is 186 Å². The van der Waals surface area contributed by atoms with Gasteiger partial charge in [0.15, 0.2) is 5.96 Å². The van der Waals surface area contributed by atoms with Gasteiger partial charge in [-0.3, -0.25) is 4.99 Å². The number of nitrogens with zero attached hydrogens (tertiary/aromatic N) is 4. The van der Waals surface area contributed by atoms with Crippen LogP contribution < -0.4 is 5.32 Å². The Morgan fingerprint density at radius 2 is 2.15 bits per heavy atom. The lowest BCUT2D eigenvalue weighted by molar-refractivity contribution is 0.461. The minimum absolute atomic E-state index is 0. The molecule has 1 aromatic carbocycles. The van der Waals surface area contributed by atoms with Crippen LogP contribution in [0.4, 0.5) is 0 Å². The summed E-state index contributed by atoms with van der Waals surface area (Å²) < 4.78 is 3.30. The fraction of sp³-hybridized carbons (Fsp3) is 0.368. The molecule has 2 aromatic heterocycles. The maximum Gasteiger partial charge on any atom is 0.193 e. The average Bonchev–Trinajstić information content (AvgIpc) is 3.17. The quantitative estimate of drug-likeness (QED) is 0.226. The number of benzene rings is 1. The molecule has 0 bridgehead atoms. The van der Waals surface area contributed by atoms with Crippen molar-refractivity contribution in [2.75, 3.05) is 20.6 Å². The second kappa shape index (κ2) is 10.3. The lowest BCUT2D eigenvalue weighted by Crippen LogP contribution is -2.39. The van der Waals surface area contributed by atoms with Crippen molar-refractivity contribution in [1.82, 2.24) is 19.8 Å². The first kappa shape index (κ1) is 22.0. The molecule has 0 saturated heterocycles. The minimum atomic E-state index is 0. The number of halogens is 2. The molecule has 3 rings (SSSR count). The smallest absolute Gasteiger partial charge is 0.193 e. The number of aliphatic imine (C=N–C) groups is 1. The molecular weight excluding hydrogens is 493 g/mol. The van der Waals surface area contributed by atoms with E-state index < -0.39 is 0 Å². The molecule has 1 N–H and O–H groups in total. The molecule has 0 aliphatic carbocycles. The highest BCUT2D eigenvalue weighted by Gasteiger charge is 2.10. The van der Waals surface area contributed by atoms with E-state index >= 15 is 0 Å². The predicted molar refractivity (Wildman–Crippen MR) is 127 cm³/mol. The summed E-state index contributed by atoms with van der Waals surface area (Å²) in [6.07, 6.45) is 3.90. The van der Waals surface area contributed by atoms with Gasteiger partial charge in [-0.15, -0.1) is 35.3 Å². The highest BCUT2D eigenvalue weighted by atomic mass is 127. The Bertz CT molecular complexity index is 872. The molecule has 0 saturated carbocycles. The number of hydrogen-bond acceptors (Lipinski definition) is 3. The number of para-hydroxylation sites is 1. The summed E-state index contributed by atoms with van der Waals surface area (Å²) in [7, 11) is 5.84. The second-order valence-electron chi connectivity index (χ2n) is 6.27. The van der Waals surface area contributed by atoms with E-state index in [1.165, 1.54) is 9.71 Å². The lowest BCUT2D eigenvalue weighted by Gasteiger charge is -2.22. The predicted octanol–water partition coefficient (Wildman–Crippen LogP) is 4.55. The first-order chi connectivity index (χ1) is 12.6. The van der Waals surface area contributed by atoms with Gasteiger partial charge >= 0.3 is 0 Å². The summed E-state index contributed by atoms with van der Waals surface area (Å²) in [5.41, 5.74) is 2.24. The molecule has 2 heterocycles. The van der Waals surface area contributed by atoms with E-state index in [4.69, 9.17) is 11.6 Å². The largest absolute Gasteiger partial charge is 0.356 e. The number of nitrogens with one attached hydrogen (secondary N) is 1. The van der Waals surface area contributed by atoms with Crippen LogP contribution in [0.3, 0.4) is 0 Å². The number of aryl methyl sites for hydroxylation is 2. The van der Waals surface area contributed by atoms with Gasteiger partial charge in [-0.05, 0) is 24.6 Å². The molecule has 0 aliphatic heterocycles. The van der Waals surface area contributed by atoms with Gasteiger partial charge in [-0.1, -0.05) is 23.7 Å². The first-order valence-corrected chi connectivity index (χ1v) is 9.83. The van der Waals surface area contributed by atoms with Crippen molar-refractivity contribution in [2.24, 2.45) is 12.0 Å². The van der Waals surface area contributed by atoms with Crippen LogP contribution in [0.5, 0.6) is 0 Å². The van der Waals surface area contributed by atoms with Gasteiger partial charge in [0.1, 0.15) is 0 Å². The number of thiazole rings is 1. The molecule has 0 amide bonds. The highest BCUT2D eigenvalue weighted by molar-refractivity contribution is 14.0. The van der Waals surface area contributed by atoms with Gasteiger partial charge in [-0.25, -0.2) is 4.98 Å². The molecule has 0 aliphatic rings. The third-order valence-electron chi connectivity index (χ3n) is 4.24. The molecule has 8 heteroatoms. The summed E-state index contributed by atoms with van der Waals surface area (Å²) in [6.45, 7) is 1.61. The van der Waals surface area contributed by atoms with E-state index in [1.807, 2.05) is 44.0 Å². The fourth-order valence-electron chi connectivity index (χ4n) is 2.89. The SMILES string of the molecule is CN=C(NCCCc1nc2ccccc2s1)N(C)Cc1cc(Cl)cn1C.I. The third kappa shape index (κ3) is 5.83. The lowest BCUT2D eigenvalue weighted by atomic mass is 10.3. The molecule has 0 radical (unpaired) electrons. The monoisotopic (exact) mass is 517 g/mol. The Hall–Kier alpha value is -1.32. The van der Waals surface area contributed by atoms with E-state index in [0.29, 0.717) is 0 Å². The van der Waals surface area contributed by atoms with Crippen molar-refractivity contribution < 1.29 is 0 Å². The van der Waals surface area contributed by atoms with Crippen molar-refractivity contribution in [3.8, 4) is 0 Å². The standard InChI is InChI=1S/C19H24ClN5S.HI/c1-21-19(25(3)13-15-11-14(20)12-24(15)2)22-10-6-9-18-23-16-7-4-5-8-17(16)26-18;/h4-5,7-8,11-12H,6,9-10,13H2,1-3H3,(H,21,22);1H. The number of rotatable bonds is 6. The molecule has 0 unspecified atom stereocenters. The minimum Gasteiger partial charge on any atom is -0.356 e. The van der Waals surface area contributed by atoms with Crippen molar-refractivity contribution in [3.63, 3.8) is 0 Å². The second-order valence-corrected chi connectivity index (χ2v) is 7.82. The van der Waals surface area contributed by atoms with Crippen LogP contribution in [0.1, 0.15) is 17.1 Å². The van der Waals surface area contributed by atoms with Crippen LogP contribution in [0.15, 0.2) is 41.5 Å². The zero-order chi connectivity index (χ0) is 18.5. The Balaban J connectivity index is 0.00000261. The molecule has 0 fully saturated rings. The summed E-state index contributed by atoms with van der Waals surface area (Å²) in [6, 6.07) is 10.3. The van der Waals surface area contributed by atoms with Crippen LogP contribution in [0.2, 0.25) is 5.02 Å². The third-order valence-corrected chi connectivity index (χ3v) is 5.54. The normalized spacial score (nSPS) is 11.5. The Morgan fingerprint density at radius 1 is 1.37 bits per heavy atom. The molecule has 5 nitrogen and oxygen atoms in total. The van der Waals surface area contributed by atoms with E-state index in [9.17, 15) is 0 Å². The van der Waals surface area contributed by atoms with E-state index in [0.717, 1.165) is 48.1 Å². The molecular formula is C19H25ClIN5S. The van der Waals surface area contributed by atoms with Gasteiger partial charge in [0.25, 0.3) is 0 Å². The van der Waals surface area contributed by atoms with Gasteiger partial charge in [0.05, 0.1) is 26.8 Å². The summed E-state index contributed by atoms with van der Waals surface area (Å²) in [5.74, 6) is 0.881. The fourth-order valence-corrected chi connectivity index (χ4v) is 4.17. The summed E-state index contributed by atoms with van der Waals surface area (Å²) >= 11 is 7.84. The van der Waals surface area contributed by atoms with Gasteiger partial charge in [0.2, 0.25) is 0 Å². The topological polar surface area (TPSA) is 45.5 Å². The number of fused-ring (bicyclic) bond motifs is 1. The zero-order valence-electron chi connectivity index (χ0n) is 15.8. The Kier molecular flexibility index (Phi) is 8.37. The molecule has 0 atom stereocenters. The number of aromatic nitrogens is 2. The van der Waals surface area contributed by atoms with E-state index in [-0.39, 0.29) is 24.0 Å².